The summed E-state index contributed by atoms with van der Waals surface area (Å²) < 4.78 is 4.97. The van der Waals surface area contributed by atoms with Gasteiger partial charge < -0.3 is 4.42 Å². The molecule has 0 fully saturated rings. The van der Waals surface area contributed by atoms with E-state index < -0.39 is 4.92 Å². The predicted octanol–water partition coefficient (Wildman–Crippen LogP) is 3.22. The second-order valence-corrected chi connectivity index (χ2v) is 6.12. The van der Waals surface area contributed by atoms with Gasteiger partial charge in [0, 0.05) is 4.88 Å². The third-order valence-corrected chi connectivity index (χ3v) is 4.36. The molecule has 1 N–H and O–H groups in total. The van der Waals surface area contributed by atoms with E-state index in [9.17, 15) is 10.1 Å². The molecule has 0 saturated carbocycles. The summed E-state index contributed by atoms with van der Waals surface area (Å²) in [4.78, 5) is 15.7. The van der Waals surface area contributed by atoms with Crippen molar-refractivity contribution in [1.29, 1.82) is 0 Å². The van der Waals surface area contributed by atoms with E-state index in [2.05, 4.69) is 22.4 Å². The lowest BCUT2D eigenvalue weighted by Gasteiger charge is -2.15. The van der Waals surface area contributed by atoms with E-state index in [1.807, 2.05) is 0 Å². The zero-order valence-electron chi connectivity index (χ0n) is 11.4. The quantitative estimate of drug-likeness (QED) is 0.532. The van der Waals surface area contributed by atoms with Gasteiger partial charge >= 0.3 is 5.88 Å². The van der Waals surface area contributed by atoms with E-state index in [0.29, 0.717) is 11.7 Å². The monoisotopic (exact) mass is 306 g/mol. The van der Waals surface area contributed by atoms with E-state index in [-0.39, 0.29) is 5.88 Å². The van der Waals surface area contributed by atoms with Gasteiger partial charge in [0.1, 0.15) is 4.92 Å². The van der Waals surface area contributed by atoms with Crippen LogP contribution in [0.2, 0.25) is 0 Å². The summed E-state index contributed by atoms with van der Waals surface area (Å²) in [6.45, 7) is 2.25. The van der Waals surface area contributed by atoms with Crippen molar-refractivity contribution in [2.45, 2.75) is 26.2 Å². The van der Waals surface area contributed by atoms with Gasteiger partial charge in [0.25, 0.3) is 0 Å². The molecule has 1 unspecified atom stereocenters. The predicted molar refractivity (Wildman–Crippen MR) is 79.9 cm³/mol. The third-order valence-electron chi connectivity index (χ3n) is 3.33. The number of hydrogen-bond donors (Lipinski definition) is 1. The molecule has 0 saturated heterocycles. The van der Waals surface area contributed by atoms with Crippen molar-refractivity contribution in [3.8, 4) is 0 Å². The van der Waals surface area contributed by atoms with Crippen LogP contribution in [-0.2, 0) is 12.8 Å². The molecule has 0 bridgehead atoms. The highest BCUT2D eigenvalue weighted by Crippen LogP contribution is 2.32. The second-order valence-electron chi connectivity index (χ2n) is 5.04. The first-order valence-electron chi connectivity index (χ1n) is 6.63. The molecule has 0 aliphatic heterocycles. The van der Waals surface area contributed by atoms with Gasteiger partial charge in [0.05, 0.1) is 18.0 Å². The summed E-state index contributed by atoms with van der Waals surface area (Å²) >= 11 is 1.61. The molecule has 0 radical (unpaired) electrons. The fraction of sp³-hybridized carbons (Fsp3) is 0.385. The smallest absolute Gasteiger partial charge is 0.400 e. The number of aryl methyl sites for hydroxylation is 1. The van der Waals surface area contributed by atoms with Gasteiger partial charge in [-0.3, -0.25) is 15.5 Å². The molecular formula is C13H14N4O3S. The Hall–Kier alpha value is -2.22. The molecule has 7 nitrogen and oxygen atoms in total. The highest BCUT2D eigenvalue weighted by molar-refractivity contribution is 7.15. The maximum Gasteiger partial charge on any atom is 0.433 e. The van der Waals surface area contributed by atoms with E-state index in [4.69, 9.17) is 4.42 Å². The number of thiazole rings is 1. The van der Waals surface area contributed by atoms with Crippen LogP contribution in [0.3, 0.4) is 0 Å². The molecule has 0 aromatic carbocycles. The molecule has 8 heteroatoms. The number of nitro groups is 1. The van der Waals surface area contributed by atoms with Gasteiger partial charge in [0.2, 0.25) is 5.13 Å². The van der Waals surface area contributed by atoms with Crippen LogP contribution in [0.5, 0.6) is 0 Å². The van der Waals surface area contributed by atoms with Gasteiger partial charge in [-0.1, -0.05) is 6.92 Å². The molecule has 1 atom stereocenters. The third kappa shape index (κ3) is 3.10. The number of nitrogens with zero attached hydrogens (tertiary/aromatic N) is 3. The standard InChI is InChI=1S/C13H14N4O3S/c1-8-2-4-10-11(6-8)21-13(15-10)16-14-7-9-3-5-12(20-9)17(18)19/h3,5,7-8H,2,4,6H2,1H3,(H,15,16)/b14-7-. The number of aromatic nitrogens is 1. The molecule has 1 aliphatic rings. The van der Waals surface area contributed by atoms with Crippen LogP contribution >= 0.6 is 11.3 Å². The lowest BCUT2D eigenvalue weighted by Crippen LogP contribution is -2.09. The number of anilines is 1. The summed E-state index contributed by atoms with van der Waals surface area (Å²) in [5, 5.41) is 15.2. The Bertz CT molecular complexity index is 691. The Labute approximate surface area is 124 Å². The number of fused-ring (bicyclic) bond motifs is 1. The highest BCUT2D eigenvalue weighted by atomic mass is 32.1. The minimum atomic E-state index is -0.583. The topological polar surface area (TPSA) is 93.6 Å². The first-order chi connectivity index (χ1) is 10.1. The van der Waals surface area contributed by atoms with E-state index in [1.54, 1.807) is 11.3 Å². The lowest BCUT2D eigenvalue weighted by molar-refractivity contribution is -0.402. The Morgan fingerprint density at radius 2 is 2.48 bits per heavy atom. The van der Waals surface area contributed by atoms with Gasteiger partial charge in [-0.15, -0.1) is 11.3 Å². The van der Waals surface area contributed by atoms with Crippen molar-refractivity contribution in [3.63, 3.8) is 0 Å². The van der Waals surface area contributed by atoms with Crippen LogP contribution in [0.4, 0.5) is 11.0 Å². The SMILES string of the molecule is CC1CCc2nc(N/N=C\c3ccc([N+](=O)[O-])o3)sc2C1. The molecule has 1 aliphatic carbocycles. The van der Waals surface area contributed by atoms with Gasteiger partial charge in [-0.25, -0.2) is 4.98 Å². The normalized spacial score (nSPS) is 17.9. The number of furan rings is 1. The molecule has 21 heavy (non-hydrogen) atoms. The zero-order valence-corrected chi connectivity index (χ0v) is 12.2. The Kier molecular flexibility index (Phi) is 3.70. The number of rotatable bonds is 4. The number of hydrogen-bond acceptors (Lipinski definition) is 7. The van der Waals surface area contributed by atoms with Crippen molar-refractivity contribution in [2.75, 3.05) is 5.43 Å². The fourth-order valence-electron chi connectivity index (χ4n) is 2.25. The van der Waals surface area contributed by atoms with E-state index >= 15 is 0 Å². The molecule has 3 rings (SSSR count). The van der Waals surface area contributed by atoms with Crippen molar-refractivity contribution in [3.05, 3.63) is 38.6 Å². The van der Waals surface area contributed by atoms with Crippen LogP contribution in [0.25, 0.3) is 0 Å². The minimum absolute atomic E-state index is 0.296. The van der Waals surface area contributed by atoms with Gasteiger partial charge in [-0.05, 0) is 31.2 Å². The van der Waals surface area contributed by atoms with Crippen LogP contribution in [0, 0.1) is 16.0 Å². The van der Waals surface area contributed by atoms with E-state index in [0.717, 1.165) is 23.7 Å². The van der Waals surface area contributed by atoms with Crippen LogP contribution < -0.4 is 5.43 Å². The maximum atomic E-state index is 10.5. The first-order valence-corrected chi connectivity index (χ1v) is 7.45. The summed E-state index contributed by atoms with van der Waals surface area (Å²) in [6.07, 6.45) is 4.66. The summed E-state index contributed by atoms with van der Waals surface area (Å²) in [5.74, 6) is 0.734. The lowest BCUT2D eigenvalue weighted by atomic mass is 9.93. The zero-order chi connectivity index (χ0) is 14.8. The molecule has 0 spiro atoms. The number of hydrazone groups is 1. The molecule has 2 aromatic rings. The van der Waals surface area contributed by atoms with Crippen LogP contribution in [0.1, 0.15) is 29.7 Å². The minimum Gasteiger partial charge on any atom is -0.400 e. The molecule has 110 valence electrons. The van der Waals surface area contributed by atoms with Crippen LogP contribution in [0.15, 0.2) is 21.7 Å². The second kappa shape index (κ2) is 5.65. The molecule has 2 heterocycles. The summed E-state index contributed by atoms with van der Waals surface area (Å²) in [6, 6.07) is 2.79. The summed E-state index contributed by atoms with van der Waals surface area (Å²) in [7, 11) is 0. The first kappa shape index (κ1) is 13.7. The Morgan fingerprint density at radius 3 is 3.24 bits per heavy atom. The van der Waals surface area contributed by atoms with Crippen molar-refractivity contribution >= 4 is 28.6 Å². The largest absolute Gasteiger partial charge is 0.433 e. The summed E-state index contributed by atoms with van der Waals surface area (Å²) in [5.41, 5.74) is 4.01. The average molecular weight is 306 g/mol. The highest BCUT2D eigenvalue weighted by Gasteiger charge is 2.19. The average Bonchev–Trinajstić information content (AvgIpc) is 3.04. The van der Waals surface area contributed by atoms with Crippen molar-refractivity contribution in [1.82, 2.24) is 4.98 Å². The number of nitrogens with one attached hydrogen (secondary N) is 1. The van der Waals surface area contributed by atoms with Gasteiger partial charge in [0.15, 0.2) is 5.76 Å². The maximum absolute atomic E-state index is 10.5. The van der Waals surface area contributed by atoms with E-state index in [1.165, 1.54) is 29.6 Å². The Morgan fingerprint density at radius 1 is 1.62 bits per heavy atom. The van der Waals surface area contributed by atoms with Gasteiger partial charge in [-0.2, -0.15) is 5.10 Å². The van der Waals surface area contributed by atoms with Crippen LogP contribution in [-0.4, -0.2) is 16.1 Å². The fourth-order valence-corrected chi connectivity index (χ4v) is 3.37. The Balaban J connectivity index is 1.64. The molecule has 2 aromatic heterocycles. The van der Waals surface area contributed by atoms with Crippen molar-refractivity contribution in [2.24, 2.45) is 11.0 Å². The molecule has 0 amide bonds. The molecular weight excluding hydrogens is 292 g/mol. The van der Waals surface area contributed by atoms with Crippen molar-refractivity contribution < 1.29 is 9.34 Å².